The van der Waals surface area contributed by atoms with Gasteiger partial charge in [0.1, 0.15) is 0 Å². The normalized spacial score (nSPS) is 49.5. The smallest absolute Gasteiger partial charge is 0.0364 e. The molecule has 0 spiro atoms. The van der Waals surface area contributed by atoms with Crippen LogP contribution in [0, 0.1) is 5.92 Å². The Kier molecular flexibility index (Phi) is 3.36. The van der Waals surface area contributed by atoms with Gasteiger partial charge in [0, 0.05) is 30.2 Å². The molecule has 3 heterocycles. The molecule has 0 radical (unpaired) electrons. The summed E-state index contributed by atoms with van der Waals surface area (Å²) in [5, 5.41) is 0. The van der Waals surface area contributed by atoms with Crippen LogP contribution < -0.4 is 5.73 Å². The Hall–Kier alpha value is -0.120. The van der Waals surface area contributed by atoms with Crippen molar-refractivity contribution in [3.8, 4) is 0 Å². The van der Waals surface area contributed by atoms with Gasteiger partial charge in [0.05, 0.1) is 0 Å². The molecule has 0 aromatic rings. The lowest BCUT2D eigenvalue weighted by atomic mass is 9.77. The van der Waals surface area contributed by atoms with Gasteiger partial charge < -0.3 is 10.6 Å². The Labute approximate surface area is 123 Å². The summed E-state index contributed by atoms with van der Waals surface area (Å²) in [6.07, 6.45) is 12.8. The van der Waals surface area contributed by atoms with Gasteiger partial charge in [-0.1, -0.05) is 6.42 Å². The number of nitrogens with zero attached hydrogens (tertiary/aromatic N) is 2. The first kappa shape index (κ1) is 13.5. The second kappa shape index (κ2) is 4.96. The highest BCUT2D eigenvalue weighted by atomic mass is 15.3. The predicted octanol–water partition coefficient (Wildman–Crippen LogP) is 2.20. The number of fused-ring (bicyclic) bond motifs is 3. The monoisotopic (exact) mass is 277 g/mol. The van der Waals surface area contributed by atoms with E-state index in [0.29, 0.717) is 5.54 Å². The van der Waals surface area contributed by atoms with Gasteiger partial charge >= 0.3 is 0 Å². The lowest BCUT2D eigenvalue weighted by molar-refractivity contribution is -0.0493. The summed E-state index contributed by atoms with van der Waals surface area (Å²) in [6, 6.07) is 2.48. The number of nitrogens with two attached hydrogens (primary N) is 1. The predicted molar refractivity (Wildman–Crippen MR) is 82.7 cm³/mol. The van der Waals surface area contributed by atoms with Crippen LogP contribution in [0.4, 0.5) is 0 Å². The first-order chi connectivity index (χ1) is 9.73. The molecule has 3 heteroatoms. The number of piperidine rings is 2. The molecule has 4 aliphatic rings. The van der Waals surface area contributed by atoms with E-state index < -0.39 is 0 Å². The quantitative estimate of drug-likeness (QED) is 0.840. The second-order valence-electron chi connectivity index (χ2n) is 7.98. The molecular weight excluding hydrogens is 246 g/mol. The fraction of sp³-hybridized carbons (Fsp3) is 1.00. The molecule has 0 amide bonds. The van der Waals surface area contributed by atoms with Gasteiger partial charge in [-0.15, -0.1) is 0 Å². The van der Waals surface area contributed by atoms with Gasteiger partial charge in [0.15, 0.2) is 0 Å². The molecule has 20 heavy (non-hydrogen) atoms. The highest BCUT2D eigenvalue weighted by Crippen LogP contribution is 2.47. The van der Waals surface area contributed by atoms with E-state index >= 15 is 0 Å². The molecular formula is C17H31N3. The minimum absolute atomic E-state index is 0.339. The first-order valence-corrected chi connectivity index (χ1v) is 8.92. The molecule has 3 nitrogen and oxygen atoms in total. The maximum absolute atomic E-state index is 6.39. The van der Waals surface area contributed by atoms with Crippen LogP contribution in [0.25, 0.3) is 0 Å². The van der Waals surface area contributed by atoms with Crippen LogP contribution in [0.1, 0.15) is 57.8 Å². The number of hydrogen-bond acceptors (Lipinski definition) is 3. The van der Waals surface area contributed by atoms with Crippen LogP contribution in [0.5, 0.6) is 0 Å². The van der Waals surface area contributed by atoms with Crippen molar-refractivity contribution in [2.75, 3.05) is 20.1 Å². The van der Waals surface area contributed by atoms with Gasteiger partial charge in [0.25, 0.3) is 0 Å². The zero-order valence-corrected chi connectivity index (χ0v) is 13.1. The van der Waals surface area contributed by atoms with Crippen molar-refractivity contribution in [2.24, 2.45) is 11.7 Å². The van der Waals surface area contributed by atoms with Gasteiger partial charge in [0.2, 0.25) is 0 Å². The van der Waals surface area contributed by atoms with Crippen molar-refractivity contribution in [2.45, 2.75) is 81.5 Å². The van der Waals surface area contributed by atoms with Gasteiger partial charge in [-0.05, 0) is 70.9 Å². The molecule has 1 saturated carbocycles. The van der Waals surface area contributed by atoms with Crippen molar-refractivity contribution >= 4 is 0 Å². The minimum Gasteiger partial charge on any atom is -0.329 e. The van der Waals surface area contributed by atoms with Crippen molar-refractivity contribution < 1.29 is 0 Å². The fourth-order valence-corrected chi connectivity index (χ4v) is 6.10. The topological polar surface area (TPSA) is 32.5 Å². The third kappa shape index (κ3) is 1.89. The zero-order chi connectivity index (χ0) is 13.7. The number of rotatable bonds is 2. The fourth-order valence-electron chi connectivity index (χ4n) is 6.10. The van der Waals surface area contributed by atoms with Crippen LogP contribution in [-0.2, 0) is 0 Å². The highest BCUT2D eigenvalue weighted by Gasteiger charge is 2.52. The Morgan fingerprint density at radius 1 is 1.00 bits per heavy atom. The van der Waals surface area contributed by atoms with Gasteiger partial charge in [-0.25, -0.2) is 0 Å². The van der Waals surface area contributed by atoms with E-state index in [-0.39, 0.29) is 0 Å². The van der Waals surface area contributed by atoms with Crippen molar-refractivity contribution in [1.82, 2.24) is 9.80 Å². The Morgan fingerprint density at radius 2 is 1.70 bits per heavy atom. The van der Waals surface area contributed by atoms with E-state index in [4.69, 9.17) is 5.73 Å². The van der Waals surface area contributed by atoms with E-state index in [0.717, 1.165) is 30.6 Å². The summed E-state index contributed by atoms with van der Waals surface area (Å²) in [4.78, 5) is 5.58. The number of likely N-dealkylation sites (tertiary alicyclic amines) is 1. The van der Waals surface area contributed by atoms with Crippen LogP contribution in [-0.4, -0.2) is 53.6 Å². The minimum atomic E-state index is 0.339. The Bertz CT molecular complexity index is 355. The molecule has 4 rings (SSSR count). The lowest BCUT2D eigenvalue weighted by Gasteiger charge is -2.55. The molecule has 0 aromatic heterocycles. The summed E-state index contributed by atoms with van der Waals surface area (Å²) in [6.45, 7) is 2.21. The Morgan fingerprint density at radius 3 is 2.40 bits per heavy atom. The average Bonchev–Trinajstić information content (AvgIpc) is 3.01. The van der Waals surface area contributed by atoms with Crippen molar-refractivity contribution in [3.63, 3.8) is 0 Å². The largest absolute Gasteiger partial charge is 0.329 e. The lowest BCUT2D eigenvalue weighted by Crippen LogP contribution is -2.65. The molecule has 114 valence electrons. The summed E-state index contributed by atoms with van der Waals surface area (Å²) in [5.41, 5.74) is 6.73. The molecule has 4 unspecified atom stereocenters. The third-order valence-electron chi connectivity index (χ3n) is 7.20. The van der Waals surface area contributed by atoms with Crippen LogP contribution in [0.15, 0.2) is 0 Å². The molecule has 1 aliphatic carbocycles. The summed E-state index contributed by atoms with van der Waals surface area (Å²) >= 11 is 0. The maximum Gasteiger partial charge on any atom is 0.0364 e. The van der Waals surface area contributed by atoms with Gasteiger partial charge in [-0.2, -0.15) is 0 Å². The molecule has 3 aliphatic heterocycles. The third-order valence-corrected chi connectivity index (χ3v) is 7.20. The van der Waals surface area contributed by atoms with Crippen molar-refractivity contribution in [3.05, 3.63) is 0 Å². The second-order valence-corrected chi connectivity index (χ2v) is 7.98. The van der Waals surface area contributed by atoms with Crippen LogP contribution in [0.2, 0.25) is 0 Å². The average molecular weight is 277 g/mol. The van der Waals surface area contributed by atoms with E-state index in [2.05, 4.69) is 16.8 Å². The summed E-state index contributed by atoms with van der Waals surface area (Å²) in [7, 11) is 2.34. The van der Waals surface area contributed by atoms with Crippen LogP contribution >= 0.6 is 0 Å². The molecule has 0 aromatic carbocycles. The van der Waals surface area contributed by atoms with E-state index in [9.17, 15) is 0 Å². The molecule has 2 bridgehead atoms. The summed E-state index contributed by atoms with van der Waals surface area (Å²) in [5.74, 6) is 0.990. The SMILES string of the molecule is CN1C2CCC1CC(CN)(N1CCCC3CCCC31)C2. The molecule has 4 atom stereocenters. The first-order valence-electron chi connectivity index (χ1n) is 8.92. The molecule has 3 saturated heterocycles. The zero-order valence-electron chi connectivity index (χ0n) is 13.1. The van der Waals surface area contributed by atoms with E-state index in [1.165, 1.54) is 64.3 Å². The van der Waals surface area contributed by atoms with E-state index in [1.807, 2.05) is 0 Å². The van der Waals surface area contributed by atoms with Crippen LogP contribution in [0.3, 0.4) is 0 Å². The standard InChI is InChI=1S/C17H31N3/c1-19-14-7-8-15(19)11-17(10-14,12-18)20-9-3-5-13-4-2-6-16(13)20/h13-16H,2-12,18H2,1H3. The summed E-state index contributed by atoms with van der Waals surface area (Å²) < 4.78 is 0. The van der Waals surface area contributed by atoms with Gasteiger partial charge in [-0.3, -0.25) is 4.90 Å². The van der Waals surface area contributed by atoms with E-state index in [1.54, 1.807) is 0 Å². The van der Waals surface area contributed by atoms with Crippen molar-refractivity contribution in [1.29, 1.82) is 0 Å². The maximum atomic E-state index is 6.39. The Balaban J connectivity index is 1.61. The molecule has 2 N–H and O–H groups in total. The number of hydrogen-bond donors (Lipinski definition) is 1. The highest BCUT2D eigenvalue weighted by molar-refractivity contribution is 5.09. The molecule has 4 fully saturated rings.